The van der Waals surface area contributed by atoms with Crippen LogP contribution in [0.1, 0.15) is 0 Å². The highest BCUT2D eigenvalue weighted by molar-refractivity contribution is 7.25. The van der Waals surface area contributed by atoms with Gasteiger partial charge in [0.15, 0.2) is 0 Å². The third-order valence-electron chi connectivity index (χ3n) is 9.81. The van der Waals surface area contributed by atoms with Gasteiger partial charge >= 0.3 is 0 Å². The van der Waals surface area contributed by atoms with E-state index in [0.29, 0.717) is 0 Å². The fourth-order valence-corrected chi connectivity index (χ4v) is 8.68. The third kappa shape index (κ3) is 4.21. The summed E-state index contributed by atoms with van der Waals surface area (Å²) in [5.41, 5.74) is 7.56. The van der Waals surface area contributed by atoms with E-state index in [1.54, 1.807) is 0 Å². The Hall–Kier alpha value is -5.76. The lowest BCUT2D eigenvalue weighted by atomic mass is 9.85. The Morgan fingerprint density at radius 3 is 1.38 bits per heavy atom. The molecule has 0 saturated heterocycles. The normalized spacial score (nSPS) is 11.8. The van der Waals surface area contributed by atoms with Crippen LogP contribution in [0.2, 0.25) is 0 Å². The molecule has 1 aromatic heterocycles. The van der Waals surface area contributed by atoms with Gasteiger partial charge in [0.25, 0.3) is 0 Å². The van der Waals surface area contributed by atoms with Crippen LogP contribution in [0.15, 0.2) is 170 Å². The zero-order chi connectivity index (χ0) is 30.9. The highest BCUT2D eigenvalue weighted by atomic mass is 32.1. The molecule has 0 saturated carbocycles. The predicted octanol–water partition coefficient (Wildman–Crippen LogP) is 13.7. The highest BCUT2D eigenvalue weighted by Crippen LogP contribution is 2.45. The second-order valence-corrected chi connectivity index (χ2v) is 13.6. The molecule has 10 rings (SSSR count). The number of benzene rings is 9. The van der Waals surface area contributed by atoms with E-state index in [9.17, 15) is 0 Å². The molecule has 0 aliphatic heterocycles. The summed E-state index contributed by atoms with van der Waals surface area (Å²) in [6.45, 7) is 0. The smallest absolute Gasteiger partial charge is 0.0361 e. The van der Waals surface area contributed by atoms with Gasteiger partial charge in [0.2, 0.25) is 0 Å². The van der Waals surface area contributed by atoms with Crippen molar-refractivity contribution < 1.29 is 0 Å². The quantitative estimate of drug-likeness (QED) is 0.174. The molecule has 0 atom stereocenters. The summed E-state index contributed by atoms with van der Waals surface area (Å²) in [5.74, 6) is 0. The predicted molar refractivity (Wildman–Crippen MR) is 206 cm³/mol. The number of rotatable bonds is 3. The van der Waals surface area contributed by atoms with E-state index in [1.807, 2.05) is 11.3 Å². The molecule has 0 N–H and O–H groups in total. The van der Waals surface area contributed by atoms with Crippen LogP contribution < -0.4 is 0 Å². The van der Waals surface area contributed by atoms with Crippen molar-refractivity contribution in [1.82, 2.24) is 0 Å². The molecule has 0 aliphatic rings. The molecule has 1 heterocycles. The van der Waals surface area contributed by atoms with Gasteiger partial charge in [-0.1, -0.05) is 140 Å². The molecule has 0 fully saturated rings. The van der Waals surface area contributed by atoms with Gasteiger partial charge in [-0.2, -0.15) is 0 Å². The molecule has 1 heteroatoms. The van der Waals surface area contributed by atoms with Gasteiger partial charge in [-0.25, -0.2) is 0 Å². The lowest BCUT2D eigenvalue weighted by Gasteiger charge is -2.18. The Balaban J connectivity index is 1.13. The first kappa shape index (κ1) is 26.5. The first-order valence-corrected chi connectivity index (χ1v) is 17.0. The SMILES string of the molecule is c1ccc2cc(-c3c4ccccc4c(-c4ccc(-c5ccc6sc7cc8ccccc8cc7c6c5)cc4)c4ccccc34)ccc2c1. The number of fused-ring (bicyclic) bond motifs is 7. The second kappa shape index (κ2) is 10.4. The number of thiophene rings is 1. The Morgan fingerprint density at radius 2 is 0.723 bits per heavy atom. The Labute approximate surface area is 276 Å². The van der Waals surface area contributed by atoms with Crippen LogP contribution in [0.3, 0.4) is 0 Å². The van der Waals surface area contributed by atoms with Crippen LogP contribution in [0.5, 0.6) is 0 Å². The molecule has 0 spiro atoms. The summed E-state index contributed by atoms with van der Waals surface area (Å²) < 4.78 is 2.68. The first-order chi connectivity index (χ1) is 23.3. The molecule has 0 radical (unpaired) electrons. The van der Waals surface area contributed by atoms with Gasteiger partial charge in [0.1, 0.15) is 0 Å². The molecule has 0 unspecified atom stereocenters. The lowest BCUT2D eigenvalue weighted by Crippen LogP contribution is -1.91. The molecule has 0 nitrogen and oxygen atoms in total. The molecular formula is C46H28S. The molecule has 9 aromatic carbocycles. The highest BCUT2D eigenvalue weighted by Gasteiger charge is 2.17. The fourth-order valence-electron chi connectivity index (χ4n) is 7.57. The van der Waals surface area contributed by atoms with Crippen molar-refractivity contribution in [3.05, 3.63) is 170 Å². The van der Waals surface area contributed by atoms with Crippen LogP contribution in [-0.2, 0) is 0 Å². The molecule has 0 bridgehead atoms. The van der Waals surface area contributed by atoms with E-state index >= 15 is 0 Å². The average molecular weight is 613 g/mol. The maximum Gasteiger partial charge on any atom is 0.0361 e. The van der Waals surface area contributed by atoms with Gasteiger partial charge in [0, 0.05) is 20.2 Å². The molecule has 0 amide bonds. The van der Waals surface area contributed by atoms with Crippen LogP contribution in [0, 0.1) is 0 Å². The second-order valence-electron chi connectivity index (χ2n) is 12.5. The standard InChI is InChI=1S/C46H28S/c1-2-10-32-25-36(22-19-29(32)9-1)46-39-15-7-5-13-37(39)45(38-14-6-8-16-40(38)46)31-20-17-30(18-21-31)35-23-24-43-41(27-35)42-26-33-11-3-4-12-34(33)28-44(42)47-43/h1-28H. The zero-order valence-electron chi connectivity index (χ0n) is 25.6. The van der Waals surface area contributed by atoms with Gasteiger partial charge in [-0.3, -0.25) is 0 Å². The maximum atomic E-state index is 2.38. The van der Waals surface area contributed by atoms with Gasteiger partial charge < -0.3 is 0 Å². The van der Waals surface area contributed by atoms with Crippen LogP contribution in [-0.4, -0.2) is 0 Å². The van der Waals surface area contributed by atoms with E-state index in [0.717, 1.165) is 0 Å². The topological polar surface area (TPSA) is 0 Å². The minimum absolute atomic E-state index is 1.23. The maximum absolute atomic E-state index is 2.38. The van der Waals surface area contributed by atoms with Gasteiger partial charge in [0.05, 0.1) is 0 Å². The van der Waals surface area contributed by atoms with Crippen molar-refractivity contribution in [3.8, 4) is 33.4 Å². The average Bonchev–Trinajstić information content (AvgIpc) is 3.49. The molecular weight excluding hydrogens is 585 g/mol. The molecule has 0 aliphatic carbocycles. The van der Waals surface area contributed by atoms with Crippen molar-refractivity contribution in [3.63, 3.8) is 0 Å². The molecule has 10 aromatic rings. The summed E-state index contributed by atoms with van der Waals surface area (Å²) in [6.07, 6.45) is 0. The first-order valence-electron chi connectivity index (χ1n) is 16.2. The molecule has 47 heavy (non-hydrogen) atoms. The van der Waals surface area contributed by atoms with Gasteiger partial charge in [-0.05, 0) is 107 Å². The van der Waals surface area contributed by atoms with Crippen molar-refractivity contribution in [2.75, 3.05) is 0 Å². The zero-order valence-corrected chi connectivity index (χ0v) is 26.4. The van der Waals surface area contributed by atoms with Crippen LogP contribution >= 0.6 is 11.3 Å². The minimum Gasteiger partial charge on any atom is -0.135 e. The number of hydrogen-bond donors (Lipinski definition) is 0. The Morgan fingerprint density at radius 1 is 0.255 bits per heavy atom. The summed E-state index contributed by atoms with van der Waals surface area (Å²) in [7, 11) is 0. The molecule has 218 valence electrons. The number of hydrogen-bond acceptors (Lipinski definition) is 1. The van der Waals surface area contributed by atoms with Crippen molar-refractivity contribution >= 4 is 74.6 Å². The van der Waals surface area contributed by atoms with E-state index in [2.05, 4.69) is 170 Å². The van der Waals surface area contributed by atoms with Crippen molar-refractivity contribution in [1.29, 1.82) is 0 Å². The summed E-state index contributed by atoms with van der Waals surface area (Å²) in [4.78, 5) is 0. The summed E-state index contributed by atoms with van der Waals surface area (Å²) in [5, 5.41) is 12.9. The Kier molecular flexibility index (Phi) is 5.85. The summed E-state index contributed by atoms with van der Waals surface area (Å²) >= 11 is 1.88. The summed E-state index contributed by atoms with van der Waals surface area (Å²) in [6, 6.07) is 62.8. The third-order valence-corrected chi connectivity index (χ3v) is 10.9. The van der Waals surface area contributed by atoms with E-state index in [-0.39, 0.29) is 0 Å². The largest absolute Gasteiger partial charge is 0.135 e. The van der Waals surface area contributed by atoms with E-state index in [1.165, 1.54) is 96.6 Å². The monoisotopic (exact) mass is 612 g/mol. The van der Waals surface area contributed by atoms with E-state index in [4.69, 9.17) is 0 Å². The van der Waals surface area contributed by atoms with Gasteiger partial charge in [-0.15, -0.1) is 11.3 Å². The van der Waals surface area contributed by atoms with Crippen LogP contribution in [0.25, 0.3) is 96.6 Å². The van der Waals surface area contributed by atoms with Crippen molar-refractivity contribution in [2.24, 2.45) is 0 Å². The van der Waals surface area contributed by atoms with Crippen LogP contribution in [0.4, 0.5) is 0 Å². The Bertz CT molecular complexity index is 2780. The minimum atomic E-state index is 1.23. The lowest BCUT2D eigenvalue weighted by molar-refractivity contribution is 1.63. The van der Waals surface area contributed by atoms with E-state index < -0.39 is 0 Å². The van der Waals surface area contributed by atoms with Crippen molar-refractivity contribution in [2.45, 2.75) is 0 Å². The fraction of sp³-hybridized carbons (Fsp3) is 0.